The Kier molecular flexibility index (Phi) is 11.5. The summed E-state index contributed by atoms with van der Waals surface area (Å²) in [5.74, 6) is 0. The molecule has 0 nitrogen and oxygen atoms in total. The molecule has 0 spiro atoms. The van der Waals surface area contributed by atoms with Crippen LogP contribution in [0.4, 0.5) is 0 Å². The molecule has 0 N–H and O–H groups in total. The Labute approximate surface area is 89.4 Å². The quantitative estimate of drug-likeness (QED) is 0.336. The van der Waals surface area contributed by atoms with E-state index in [1.165, 1.54) is 38.5 Å². The summed E-state index contributed by atoms with van der Waals surface area (Å²) in [6, 6.07) is 0. The zero-order chi connectivity index (χ0) is 10.5. The van der Waals surface area contributed by atoms with Gasteiger partial charge in [0.05, 0.1) is 0 Å². The van der Waals surface area contributed by atoms with Crippen LogP contribution in [0.3, 0.4) is 0 Å². The van der Waals surface area contributed by atoms with Crippen molar-refractivity contribution in [1.29, 1.82) is 0 Å². The predicted octanol–water partition coefficient (Wildman–Crippen LogP) is 5.04. The molecule has 0 aliphatic carbocycles. The summed E-state index contributed by atoms with van der Waals surface area (Å²) in [4.78, 5) is 0. The summed E-state index contributed by atoms with van der Waals surface area (Å²) < 4.78 is 0. The van der Waals surface area contributed by atoms with Crippen molar-refractivity contribution in [3.63, 3.8) is 0 Å². The zero-order valence-electron chi connectivity index (χ0n) is 9.38. The lowest BCUT2D eigenvalue weighted by molar-refractivity contribution is 0.746. The van der Waals surface area contributed by atoms with Crippen molar-refractivity contribution in [2.24, 2.45) is 0 Å². The maximum absolute atomic E-state index is 3.71. The van der Waals surface area contributed by atoms with Gasteiger partial charge in [0, 0.05) is 0 Å². The van der Waals surface area contributed by atoms with Crippen LogP contribution < -0.4 is 0 Å². The van der Waals surface area contributed by atoms with E-state index in [9.17, 15) is 0 Å². The molecule has 0 unspecified atom stereocenters. The average Bonchev–Trinajstić information content (AvgIpc) is 2.21. The number of hydrogen-bond acceptors (Lipinski definition) is 0. The number of unbranched alkanes of at least 4 members (excludes halogenated alkanes) is 6. The van der Waals surface area contributed by atoms with Gasteiger partial charge in [-0.2, -0.15) is 0 Å². The van der Waals surface area contributed by atoms with Crippen LogP contribution in [0.5, 0.6) is 0 Å². The highest BCUT2D eigenvalue weighted by Crippen LogP contribution is 2.04. The first-order chi connectivity index (χ1) is 6.91. The number of allylic oxidation sites excluding steroid dienone is 4. The van der Waals surface area contributed by atoms with Crippen LogP contribution >= 0.6 is 0 Å². The first-order valence-corrected chi connectivity index (χ1v) is 5.78. The molecule has 0 atom stereocenters. The van der Waals surface area contributed by atoms with Crippen molar-refractivity contribution in [3.8, 4) is 0 Å². The van der Waals surface area contributed by atoms with Crippen LogP contribution in [0.2, 0.25) is 0 Å². The van der Waals surface area contributed by atoms with Crippen molar-refractivity contribution in [1.82, 2.24) is 0 Å². The van der Waals surface area contributed by atoms with Crippen LogP contribution in [0.25, 0.3) is 0 Å². The SMILES string of the molecule is C=CCCCCC=CCCCCC=C. The molecule has 0 amide bonds. The molecule has 0 aliphatic heterocycles. The second-order valence-electron chi connectivity index (χ2n) is 3.62. The van der Waals surface area contributed by atoms with Crippen LogP contribution in [-0.2, 0) is 0 Å². The van der Waals surface area contributed by atoms with Crippen LogP contribution in [0.15, 0.2) is 37.5 Å². The van der Waals surface area contributed by atoms with Gasteiger partial charge in [0.15, 0.2) is 0 Å². The Morgan fingerprint density at radius 2 is 0.929 bits per heavy atom. The molecule has 0 radical (unpaired) electrons. The minimum Gasteiger partial charge on any atom is -0.103 e. The van der Waals surface area contributed by atoms with Gasteiger partial charge < -0.3 is 0 Å². The molecule has 0 aromatic heterocycles. The second-order valence-corrected chi connectivity index (χ2v) is 3.62. The highest BCUT2D eigenvalue weighted by atomic mass is 13.9. The van der Waals surface area contributed by atoms with Crippen molar-refractivity contribution in [2.45, 2.75) is 51.4 Å². The van der Waals surface area contributed by atoms with Crippen LogP contribution in [0, 0.1) is 0 Å². The first-order valence-electron chi connectivity index (χ1n) is 5.78. The molecule has 0 fully saturated rings. The maximum Gasteiger partial charge on any atom is -0.0351 e. The number of hydrogen-bond donors (Lipinski definition) is 0. The number of rotatable bonds is 10. The van der Waals surface area contributed by atoms with Gasteiger partial charge in [0.1, 0.15) is 0 Å². The van der Waals surface area contributed by atoms with Gasteiger partial charge in [-0.3, -0.25) is 0 Å². The topological polar surface area (TPSA) is 0 Å². The molecule has 0 aliphatic rings. The van der Waals surface area contributed by atoms with E-state index >= 15 is 0 Å². The molecule has 0 saturated carbocycles. The van der Waals surface area contributed by atoms with Crippen molar-refractivity contribution >= 4 is 0 Å². The minimum absolute atomic E-state index is 1.16. The Hall–Kier alpha value is -0.780. The van der Waals surface area contributed by atoms with Gasteiger partial charge in [-0.05, 0) is 51.4 Å². The van der Waals surface area contributed by atoms with Crippen molar-refractivity contribution < 1.29 is 0 Å². The predicted molar refractivity (Wildman–Crippen MR) is 66.5 cm³/mol. The van der Waals surface area contributed by atoms with Gasteiger partial charge >= 0.3 is 0 Å². The molecule has 80 valence electrons. The van der Waals surface area contributed by atoms with E-state index in [2.05, 4.69) is 25.3 Å². The van der Waals surface area contributed by atoms with Crippen LogP contribution in [0.1, 0.15) is 51.4 Å². The lowest BCUT2D eigenvalue weighted by Gasteiger charge is -1.94. The van der Waals surface area contributed by atoms with E-state index in [1.807, 2.05) is 12.2 Å². The highest BCUT2D eigenvalue weighted by Gasteiger charge is 1.84. The summed E-state index contributed by atoms with van der Waals surface area (Å²) in [6.07, 6.45) is 18.6. The summed E-state index contributed by atoms with van der Waals surface area (Å²) in [6.45, 7) is 7.42. The summed E-state index contributed by atoms with van der Waals surface area (Å²) in [7, 11) is 0. The molecular formula is C14H24. The van der Waals surface area contributed by atoms with Gasteiger partial charge in [0.25, 0.3) is 0 Å². The Balaban J connectivity index is 3.03. The molecule has 0 rings (SSSR count). The van der Waals surface area contributed by atoms with Crippen molar-refractivity contribution in [2.75, 3.05) is 0 Å². The van der Waals surface area contributed by atoms with Gasteiger partial charge in [-0.15, -0.1) is 13.2 Å². The summed E-state index contributed by atoms with van der Waals surface area (Å²) >= 11 is 0. The lowest BCUT2D eigenvalue weighted by atomic mass is 10.1. The molecule has 0 aromatic rings. The average molecular weight is 192 g/mol. The summed E-state index contributed by atoms with van der Waals surface area (Å²) in [5.41, 5.74) is 0. The van der Waals surface area contributed by atoms with E-state index in [4.69, 9.17) is 0 Å². The third kappa shape index (κ3) is 11.2. The van der Waals surface area contributed by atoms with Crippen molar-refractivity contribution in [3.05, 3.63) is 37.5 Å². The van der Waals surface area contributed by atoms with Gasteiger partial charge in [-0.1, -0.05) is 24.3 Å². The second kappa shape index (κ2) is 12.2. The summed E-state index contributed by atoms with van der Waals surface area (Å²) in [5, 5.41) is 0. The largest absolute Gasteiger partial charge is 0.103 e. The van der Waals surface area contributed by atoms with Gasteiger partial charge in [0.2, 0.25) is 0 Å². The van der Waals surface area contributed by atoms with E-state index in [0.29, 0.717) is 0 Å². The Bertz CT molecular complexity index is 135. The van der Waals surface area contributed by atoms with E-state index in [1.54, 1.807) is 0 Å². The fraction of sp³-hybridized carbons (Fsp3) is 0.571. The lowest BCUT2D eigenvalue weighted by Crippen LogP contribution is -1.74. The third-order valence-corrected chi connectivity index (χ3v) is 2.22. The molecule has 0 heterocycles. The standard InChI is InChI=1S/C14H24/c1-3-5-7-9-11-13-14-12-10-8-6-4-2/h3-4,13-14H,1-2,5-12H2. The monoisotopic (exact) mass is 192 g/mol. The normalized spacial score (nSPS) is 10.6. The highest BCUT2D eigenvalue weighted by molar-refractivity contribution is 4.82. The molecule has 0 aromatic carbocycles. The van der Waals surface area contributed by atoms with Gasteiger partial charge in [-0.25, -0.2) is 0 Å². The zero-order valence-corrected chi connectivity index (χ0v) is 9.38. The fourth-order valence-corrected chi connectivity index (χ4v) is 1.34. The molecule has 0 saturated heterocycles. The molecular weight excluding hydrogens is 168 g/mol. The van der Waals surface area contributed by atoms with Crippen LogP contribution in [-0.4, -0.2) is 0 Å². The van der Waals surface area contributed by atoms with E-state index in [-0.39, 0.29) is 0 Å². The molecule has 0 heteroatoms. The minimum atomic E-state index is 1.16. The smallest absolute Gasteiger partial charge is 0.0351 e. The molecule has 14 heavy (non-hydrogen) atoms. The fourth-order valence-electron chi connectivity index (χ4n) is 1.34. The Morgan fingerprint density at radius 3 is 1.29 bits per heavy atom. The first kappa shape index (κ1) is 13.2. The third-order valence-electron chi connectivity index (χ3n) is 2.22. The molecule has 0 bridgehead atoms. The Morgan fingerprint density at radius 1 is 0.571 bits per heavy atom. The van der Waals surface area contributed by atoms with E-state index < -0.39 is 0 Å². The van der Waals surface area contributed by atoms with E-state index in [0.717, 1.165) is 12.8 Å². The maximum atomic E-state index is 3.71.